The molecule has 0 aromatic heterocycles. The monoisotopic (exact) mass is 645 g/mol. The molecule has 0 radical (unpaired) electrons. The fourth-order valence-corrected chi connectivity index (χ4v) is 7.16. The van der Waals surface area contributed by atoms with Crippen molar-refractivity contribution in [3.05, 3.63) is 87.9 Å². The van der Waals surface area contributed by atoms with Crippen molar-refractivity contribution in [2.75, 3.05) is 18.0 Å². The van der Waals surface area contributed by atoms with Gasteiger partial charge in [0, 0.05) is 12.6 Å². The van der Waals surface area contributed by atoms with Crippen molar-refractivity contribution in [3.8, 4) is 5.75 Å². The van der Waals surface area contributed by atoms with Gasteiger partial charge in [-0.25, -0.2) is 8.42 Å². The molecule has 4 rings (SSSR count). The number of aryl methyl sites for hydroxylation is 1. The van der Waals surface area contributed by atoms with Gasteiger partial charge in [-0.2, -0.15) is 0 Å². The highest BCUT2D eigenvalue weighted by molar-refractivity contribution is 7.92. The molecule has 1 aliphatic carbocycles. The lowest BCUT2D eigenvalue weighted by Crippen LogP contribution is -2.53. The zero-order valence-corrected chi connectivity index (χ0v) is 26.9. The molecule has 0 heterocycles. The molecule has 0 saturated heterocycles. The van der Waals surface area contributed by atoms with Gasteiger partial charge in [0.25, 0.3) is 10.0 Å². The smallest absolute Gasteiger partial charge is 0.264 e. The minimum Gasteiger partial charge on any atom is -0.497 e. The molecule has 11 heteroatoms. The van der Waals surface area contributed by atoms with E-state index in [4.69, 9.17) is 27.9 Å². The number of hydrogen-bond acceptors (Lipinski definition) is 5. The predicted molar refractivity (Wildman–Crippen MR) is 170 cm³/mol. The van der Waals surface area contributed by atoms with Crippen LogP contribution < -0.4 is 14.4 Å². The first kappa shape index (κ1) is 32.6. The summed E-state index contributed by atoms with van der Waals surface area (Å²) < 4.78 is 34.5. The van der Waals surface area contributed by atoms with E-state index in [-0.39, 0.29) is 39.1 Å². The number of ether oxygens (including phenoxy) is 1. The Morgan fingerprint density at radius 2 is 1.70 bits per heavy atom. The molecule has 1 fully saturated rings. The zero-order valence-electron chi connectivity index (χ0n) is 24.6. The topological polar surface area (TPSA) is 96.0 Å². The summed E-state index contributed by atoms with van der Waals surface area (Å²) in [5.74, 6) is -0.231. The van der Waals surface area contributed by atoms with Gasteiger partial charge < -0.3 is 15.0 Å². The number of anilines is 1. The minimum absolute atomic E-state index is 0.00184. The maximum atomic E-state index is 14.3. The van der Waals surface area contributed by atoms with Gasteiger partial charge in [-0.3, -0.25) is 13.9 Å². The van der Waals surface area contributed by atoms with Crippen LogP contribution in [0.15, 0.2) is 71.6 Å². The van der Waals surface area contributed by atoms with E-state index in [1.165, 1.54) is 23.1 Å². The first-order valence-electron chi connectivity index (χ1n) is 14.3. The Hall–Kier alpha value is -3.27. The number of halogens is 2. The summed E-state index contributed by atoms with van der Waals surface area (Å²) in [5, 5.41) is 3.25. The summed E-state index contributed by atoms with van der Waals surface area (Å²) in [5.41, 5.74) is 1.67. The Bertz CT molecular complexity index is 1540. The van der Waals surface area contributed by atoms with Crippen LogP contribution >= 0.6 is 23.2 Å². The number of benzene rings is 3. The van der Waals surface area contributed by atoms with Crippen molar-refractivity contribution in [2.24, 2.45) is 0 Å². The van der Waals surface area contributed by atoms with Crippen LogP contribution in [0.25, 0.3) is 0 Å². The molecule has 8 nitrogen and oxygen atoms in total. The average Bonchev–Trinajstić information content (AvgIpc) is 3.50. The first-order chi connectivity index (χ1) is 20.5. The standard InChI is InChI=1S/C32H37Cl2N3O5S/c1-4-28(32(39)35-24-10-5-6-11-24)36(20-23-9-7-12-25(19-23)42-3)30(38)21-37(29-14-8-13-27(33)31(29)34)43(40,41)26-17-15-22(2)16-18-26/h7-9,12-19,24,28H,4-6,10-11,20-21H2,1-3H3,(H,35,39). The number of nitrogens with zero attached hydrogens (tertiary/aromatic N) is 2. The number of rotatable bonds is 12. The number of carbonyl (C=O) groups is 2. The highest BCUT2D eigenvalue weighted by Crippen LogP contribution is 2.36. The van der Waals surface area contributed by atoms with E-state index in [2.05, 4.69) is 5.32 Å². The normalized spacial score (nSPS) is 14.3. The molecule has 0 bridgehead atoms. The Kier molecular flexibility index (Phi) is 11.0. The lowest BCUT2D eigenvalue weighted by molar-refractivity contribution is -0.140. The number of methoxy groups -OCH3 is 1. The molecule has 1 saturated carbocycles. The van der Waals surface area contributed by atoms with E-state index >= 15 is 0 Å². The first-order valence-corrected chi connectivity index (χ1v) is 16.5. The van der Waals surface area contributed by atoms with Crippen molar-refractivity contribution in [1.82, 2.24) is 10.2 Å². The van der Waals surface area contributed by atoms with Gasteiger partial charge in [-0.1, -0.05) is 78.9 Å². The molecule has 43 heavy (non-hydrogen) atoms. The molecular formula is C32H37Cl2N3O5S. The second-order valence-corrected chi connectivity index (χ2v) is 13.3. The van der Waals surface area contributed by atoms with Crippen molar-refractivity contribution in [1.29, 1.82) is 0 Å². The Balaban J connectivity index is 1.75. The summed E-state index contributed by atoms with van der Waals surface area (Å²) in [4.78, 5) is 29.3. The summed E-state index contributed by atoms with van der Waals surface area (Å²) in [6.45, 7) is 3.14. The second kappa shape index (κ2) is 14.5. The molecule has 1 atom stereocenters. The number of amides is 2. The lowest BCUT2D eigenvalue weighted by atomic mass is 10.1. The Labute approximate surface area is 264 Å². The highest BCUT2D eigenvalue weighted by Gasteiger charge is 2.35. The highest BCUT2D eigenvalue weighted by atomic mass is 35.5. The van der Waals surface area contributed by atoms with Crippen LogP contribution in [0.5, 0.6) is 5.75 Å². The number of carbonyl (C=O) groups excluding carboxylic acids is 2. The third-order valence-corrected chi connectivity index (χ3v) is 10.2. The van der Waals surface area contributed by atoms with E-state index in [1.54, 1.807) is 49.6 Å². The molecule has 3 aromatic carbocycles. The van der Waals surface area contributed by atoms with Gasteiger partial charge in [0.2, 0.25) is 11.8 Å². The van der Waals surface area contributed by atoms with Crippen molar-refractivity contribution in [2.45, 2.75) is 69.5 Å². The SMILES string of the molecule is CCC(C(=O)NC1CCCC1)N(Cc1cccc(OC)c1)C(=O)CN(c1cccc(Cl)c1Cl)S(=O)(=O)c1ccc(C)cc1. The second-order valence-electron chi connectivity index (χ2n) is 10.7. The van der Waals surface area contributed by atoms with E-state index in [9.17, 15) is 18.0 Å². The van der Waals surface area contributed by atoms with Gasteiger partial charge in [0.1, 0.15) is 18.3 Å². The van der Waals surface area contributed by atoms with Crippen molar-refractivity contribution >= 4 is 50.7 Å². The third kappa shape index (κ3) is 7.82. The molecule has 2 amide bonds. The van der Waals surface area contributed by atoms with Crippen LogP contribution in [0.4, 0.5) is 5.69 Å². The zero-order chi connectivity index (χ0) is 31.1. The fourth-order valence-electron chi connectivity index (χ4n) is 5.29. The Morgan fingerprint density at radius 1 is 1.02 bits per heavy atom. The third-order valence-electron chi connectivity index (χ3n) is 7.66. The molecule has 1 aliphatic rings. The summed E-state index contributed by atoms with van der Waals surface area (Å²) in [6, 6.07) is 17.4. The molecule has 230 valence electrons. The van der Waals surface area contributed by atoms with Gasteiger partial charge in [0.15, 0.2) is 0 Å². The molecule has 0 spiro atoms. The van der Waals surface area contributed by atoms with Crippen LogP contribution in [0.3, 0.4) is 0 Å². The van der Waals surface area contributed by atoms with Gasteiger partial charge in [-0.15, -0.1) is 0 Å². The van der Waals surface area contributed by atoms with Crippen LogP contribution in [0.1, 0.15) is 50.2 Å². The van der Waals surface area contributed by atoms with Crippen LogP contribution in [-0.4, -0.2) is 50.9 Å². The molecule has 1 N–H and O–H groups in total. The van der Waals surface area contributed by atoms with Crippen LogP contribution in [-0.2, 0) is 26.2 Å². The average molecular weight is 647 g/mol. The summed E-state index contributed by atoms with van der Waals surface area (Å²) in [7, 11) is -2.72. The van der Waals surface area contributed by atoms with Crippen molar-refractivity contribution in [3.63, 3.8) is 0 Å². The van der Waals surface area contributed by atoms with Crippen LogP contribution in [0, 0.1) is 6.92 Å². The number of hydrogen-bond donors (Lipinski definition) is 1. The summed E-state index contributed by atoms with van der Waals surface area (Å²) >= 11 is 12.8. The lowest BCUT2D eigenvalue weighted by Gasteiger charge is -2.34. The van der Waals surface area contributed by atoms with E-state index in [1.807, 2.05) is 19.9 Å². The molecular weight excluding hydrogens is 609 g/mol. The van der Waals surface area contributed by atoms with Gasteiger partial charge in [-0.05, 0) is 68.1 Å². The number of nitrogens with one attached hydrogen (secondary N) is 1. The predicted octanol–water partition coefficient (Wildman–Crippen LogP) is 6.37. The number of sulfonamides is 1. The quantitative estimate of drug-likeness (QED) is 0.247. The molecule has 3 aromatic rings. The summed E-state index contributed by atoms with van der Waals surface area (Å²) in [6.07, 6.45) is 4.20. The van der Waals surface area contributed by atoms with Crippen molar-refractivity contribution < 1.29 is 22.7 Å². The maximum absolute atomic E-state index is 14.3. The van der Waals surface area contributed by atoms with E-state index in [0.29, 0.717) is 12.2 Å². The van der Waals surface area contributed by atoms with E-state index in [0.717, 1.165) is 41.1 Å². The van der Waals surface area contributed by atoms with Crippen LogP contribution in [0.2, 0.25) is 10.0 Å². The molecule has 1 unspecified atom stereocenters. The largest absolute Gasteiger partial charge is 0.497 e. The van der Waals surface area contributed by atoms with Gasteiger partial charge in [0.05, 0.1) is 27.7 Å². The Morgan fingerprint density at radius 3 is 2.35 bits per heavy atom. The minimum atomic E-state index is -4.27. The van der Waals surface area contributed by atoms with E-state index < -0.39 is 28.5 Å². The molecule has 0 aliphatic heterocycles. The fraction of sp³-hybridized carbons (Fsp3) is 0.375. The van der Waals surface area contributed by atoms with Gasteiger partial charge >= 0.3 is 0 Å². The maximum Gasteiger partial charge on any atom is 0.264 e.